The smallest absolute Gasteiger partial charge is 0.220 e. The standard InChI is InChI=1S/C15H23NO2/c1-11(2)9-13(10-15(17)16-3)12-5-7-14(18-4)8-6-12/h5-8,11,13H,9-10H2,1-4H3,(H,16,17). The highest BCUT2D eigenvalue weighted by atomic mass is 16.5. The van der Waals surface area contributed by atoms with Crippen LogP contribution in [0.3, 0.4) is 0 Å². The zero-order chi connectivity index (χ0) is 13.5. The van der Waals surface area contributed by atoms with E-state index in [0.29, 0.717) is 12.3 Å². The van der Waals surface area contributed by atoms with Gasteiger partial charge in [0.05, 0.1) is 7.11 Å². The second kappa shape index (κ2) is 7.04. The summed E-state index contributed by atoms with van der Waals surface area (Å²) in [6.07, 6.45) is 1.56. The van der Waals surface area contributed by atoms with Crippen LogP contribution in [0.5, 0.6) is 5.75 Å². The molecule has 1 N–H and O–H groups in total. The molecule has 1 amide bonds. The second-order valence-corrected chi connectivity index (χ2v) is 4.98. The summed E-state index contributed by atoms with van der Waals surface area (Å²) >= 11 is 0. The first-order valence-corrected chi connectivity index (χ1v) is 6.41. The number of ether oxygens (including phenoxy) is 1. The molecule has 0 aliphatic rings. The molecule has 0 aliphatic heterocycles. The van der Waals surface area contributed by atoms with Crippen molar-refractivity contribution in [2.75, 3.05) is 14.2 Å². The van der Waals surface area contributed by atoms with Gasteiger partial charge in [-0.25, -0.2) is 0 Å². The number of hydrogen-bond donors (Lipinski definition) is 1. The molecule has 0 radical (unpaired) electrons. The third-order valence-electron chi connectivity index (χ3n) is 3.05. The van der Waals surface area contributed by atoms with Crippen molar-refractivity contribution in [3.8, 4) is 5.75 Å². The topological polar surface area (TPSA) is 38.3 Å². The molecule has 0 fully saturated rings. The lowest BCUT2D eigenvalue weighted by Crippen LogP contribution is -2.21. The van der Waals surface area contributed by atoms with Gasteiger partial charge in [-0.2, -0.15) is 0 Å². The van der Waals surface area contributed by atoms with Gasteiger partial charge in [0.1, 0.15) is 5.75 Å². The van der Waals surface area contributed by atoms with Gasteiger partial charge in [0, 0.05) is 13.5 Å². The Hall–Kier alpha value is -1.51. The molecule has 0 saturated heterocycles. The van der Waals surface area contributed by atoms with Crippen LogP contribution >= 0.6 is 0 Å². The van der Waals surface area contributed by atoms with Crippen molar-refractivity contribution in [3.05, 3.63) is 29.8 Å². The molecule has 1 rings (SSSR count). The largest absolute Gasteiger partial charge is 0.497 e. The average Bonchev–Trinajstić information content (AvgIpc) is 2.37. The molecular formula is C15H23NO2. The highest BCUT2D eigenvalue weighted by Crippen LogP contribution is 2.28. The summed E-state index contributed by atoms with van der Waals surface area (Å²) in [6.45, 7) is 4.36. The molecule has 0 bridgehead atoms. The number of hydrogen-bond acceptors (Lipinski definition) is 2. The van der Waals surface area contributed by atoms with Crippen LogP contribution in [0.1, 0.15) is 38.2 Å². The van der Waals surface area contributed by atoms with E-state index in [4.69, 9.17) is 4.74 Å². The molecule has 3 heteroatoms. The van der Waals surface area contributed by atoms with Gasteiger partial charge in [-0.3, -0.25) is 4.79 Å². The normalized spacial score (nSPS) is 12.3. The summed E-state index contributed by atoms with van der Waals surface area (Å²) in [5.41, 5.74) is 1.20. The lowest BCUT2D eigenvalue weighted by molar-refractivity contribution is -0.121. The van der Waals surface area contributed by atoms with Gasteiger partial charge in [0.15, 0.2) is 0 Å². The van der Waals surface area contributed by atoms with E-state index < -0.39 is 0 Å². The number of methoxy groups -OCH3 is 1. The van der Waals surface area contributed by atoms with Crippen LogP contribution in [-0.2, 0) is 4.79 Å². The predicted octanol–water partition coefficient (Wildman–Crippen LogP) is 2.96. The average molecular weight is 249 g/mol. The lowest BCUT2D eigenvalue weighted by atomic mass is 9.87. The Morgan fingerprint density at radius 2 is 1.89 bits per heavy atom. The number of amides is 1. The van der Waals surface area contributed by atoms with Crippen molar-refractivity contribution < 1.29 is 9.53 Å². The number of carbonyl (C=O) groups excluding carboxylic acids is 1. The molecule has 0 aliphatic carbocycles. The van der Waals surface area contributed by atoms with Crippen LogP contribution < -0.4 is 10.1 Å². The number of rotatable bonds is 6. The summed E-state index contributed by atoms with van der Waals surface area (Å²) in [6, 6.07) is 8.00. The van der Waals surface area contributed by atoms with Gasteiger partial charge in [0.25, 0.3) is 0 Å². The van der Waals surface area contributed by atoms with Crippen molar-refractivity contribution in [3.63, 3.8) is 0 Å². The van der Waals surface area contributed by atoms with Crippen molar-refractivity contribution in [1.82, 2.24) is 5.32 Å². The van der Waals surface area contributed by atoms with Crippen LogP contribution in [0.2, 0.25) is 0 Å². The minimum atomic E-state index is 0.0940. The van der Waals surface area contributed by atoms with Gasteiger partial charge in [0.2, 0.25) is 5.91 Å². The minimum absolute atomic E-state index is 0.0940. The monoisotopic (exact) mass is 249 g/mol. The molecule has 0 spiro atoms. The SMILES string of the molecule is CNC(=O)CC(CC(C)C)c1ccc(OC)cc1. The van der Waals surface area contributed by atoms with Crippen molar-refractivity contribution in [2.24, 2.45) is 5.92 Å². The maximum absolute atomic E-state index is 11.6. The fraction of sp³-hybridized carbons (Fsp3) is 0.533. The van der Waals surface area contributed by atoms with E-state index in [1.807, 2.05) is 12.1 Å². The summed E-state index contributed by atoms with van der Waals surface area (Å²) in [4.78, 5) is 11.6. The van der Waals surface area contributed by atoms with Crippen LogP contribution in [-0.4, -0.2) is 20.1 Å². The molecule has 1 atom stereocenters. The van der Waals surface area contributed by atoms with Gasteiger partial charge < -0.3 is 10.1 Å². The van der Waals surface area contributed by atoms with Crippen LogP contribution in [0.4, 0.5) is 0 Å². The predicted molar refractivity (Wildman–Crippen MR) is 73.9 cm³/mol. The van der Waals surface area contributed by atoms with Crippen molar-refractivity contribution >= 4 is 5.91 Å². The van der Waals surface area contributed by atoms with Gasteiger partial charge in [-0.15, -0.1) is 0 Å². The zero-order valence-corrected chi connectivity index (χ0v) is 11.7. The van der Waals surface area contributed by atoms with Crippen LogP contribution in [0.15, 0.2) is 24.3 Å². The van der Waals surface area contributed by atoms with Crippen molar-refractivity contribution in [1.29, 1.82) is 0 Å². The highest BCUT2D eigenvalue weighted by molar-refractivity contribution is 5.76. The number of nitrogens with one attached hydrogen (secondary N) is 1. The molecule has 1 unspecified atom stereocenters. The van der Waals surface area contributed by atoms with Gasteiger partial charge in [-0.05, 0) is 36.0 Å². The Labute approximate surface area is 110 Å². The van der Waals surface area contributed by atoms with E-state index in [1.165, 1.54) is 5.56 Å². The number of carbonyl (C=O) groups is 1. The Morgan fingerprint density at radius 1 is 1.28 bits per heavy atom. The Morgan fingerprint density at radius 3 is 2.33 bits per heavy atom. The lowest BCUT2D eigenvalue weighted by Gasteiger charge is -2.19. The molecule has 100 valence electrons. The highest BCUT2D eigenvalue weighted by Gasteiger charge is 2.16. The number of benzene rings is 1. The summed E-state index contributed by atoms with van der Waals surface area (Å²) in [5, 5.41) is 2.70. The Balaban J connectivity index is 2.82. The first kappa shape index (κ1) is 14.6. The fourth-order valence-electron chi connectivity index (χ4n) is 2.11. The molecular weight excluding hydrogens is 226 g/mol. The van der Waals surface area contributed by atoms with Crippen LogP contribution in [0, 0.1) is 5.92 Å². The van der Waals surface area contributed by atoms with Gasteiger partial charge in [-0.1, -0.05) is 26.0 Å². The third-order valence-corrected chi connectivity index (χ3v) is 3.05. The molecule has 3 nitrogen and oxygen atoms in total. The van der Waals surface area contributed by atoms with E-state index in [0.717, 1.165) is 12.2 Å². The van der Waals surface area contributed by atoms with Gasteiger partial charge >= 0.3 is 0 Å². The maximum Gasteiger partial charge on any atom is 0.220 e. The van der Waals surface area contributed by atoms with E-state index in [2.05, 4.69) is 31.3 Å². The molecule has 1 aromatic carbocycles. The molecule has 18 heavy (non-hydrogen) atoms. The Bertz CT molecular complexity index is 371. The second-order valence-electron chi connectivity index (χ2n) is 4.98. The first-order chi connectivity index (χ1) is 8.56. The summed E-state index contributed by atoms with van der Waals surface area (Å²) in [7, 11) is 3.34. The summed E-state index contributed by atoms with van der Waals surface area (Å²) in [5.74, 6) is 1.79. The zero-order valence-electron chi connectivity index (χ0n) is 11.7. The maximum atomic E-state index is 11.6. The minimum Gasteiger partial charge on any atom is -0.497 e. The van der Waals surface area contributed by atoms with E-state index >= 15 is 0 Å². The van der Waals surface area contributed by atoms with Crippen LogP contribution in [0.25, 0.3) is 0 Å². The van der Waals surface area contributed by atoms with Crippen molar-refractivity contribution in [2.45, 2.75) is 32.6 Å². The molecule has 0 saturated carbocycles. The quantitative estimate of drug-likeness (QED) is 0.841. The first-order valence-electron chi connectivity index (χ1n) is 6.41. The third kappa shape index (κ3) is 4.40. The van der Waals surface area contributed by atoms with E-state index in [-0.39, 0.29) is 11.8 Å². The molecule has 1 aromatic rings. The molecule has 0 aromatic heterocycles. The summed E-state index contributed by atoms with van der Waals surface area (Å²) < 4.78 is 5.15. The van der Waals surface area contributed by atoms with E-state index in [9.17, 15) is 4.79 Å². The van der Waals surface area contributed by atoms with E-state index in [1.54, 1.807) is 14.2 Å². The Kier molecular flexibility index (Phi) is 5.69. The fourth-order valence-corrected chi connectivity index (χ4v) is 2.11. The molecule has 0 heterocycles.